The van der Waals surface area contributed by atoms with Gasteiger partial charge in [0.05, 0.1) is 22.7 Å². The van der Waals surface area contributed by atoms with E-state index in [4.69, 9.17) is 11.6 Å². The standard InChI is InChI=1S/C31H33ClF3N5O3/c1-38-28-23(15-36-38)24-16-40(17-31(33,34)35)30(43)21(12-20(24)13-25(28)32)14-27(41)39-10-8-18(9-11-39)22-7-6-19-4-2-3-5-26(19)37-29(22)42/h2-5,13,15,18,21-22H,6-12,14,16-17H2,1H3,(H,37,42)/t21-,22?/m0/s1. The predicted molar refractivity (Wildman–Crippen MR) is 155 cm³/mol. The molecule has 43 heavy (non-hydrogen) atoms. The lowest BCUT2D eigenvalue weighted by molar-refractivity contribution is -0.165. The average molecular weight is 616 g/mol. The second-order valence-electron chi connectivity index (χ2n) is 12.0. The Morgan fingerprint density at radius 3 is 2.60 bits per heavy atom. The second kappa shape index (κ2) is 11.5. The summed E-state index contributed by atoms with van der Waals surface area (Å²) in [4.78, 5) is 42.5. The molecule has 2 atom stereocenters. The van der Waals surface area contributed by atoms with Gasteiger partial charge in [0.25, 0.3) is 0 Å². The maximum absolute atomic E-state index is 13.6. The Bertz CT molecular complexity index is 1580. The molecule has 1 saturated heterocycles. The molecule has 1 N–H and O–H groups in total. The number of para-hydroxylation sites is 1. The number of hydrogen-bond donors (Lipinski definition) is 1. The minimum absolute atomic E-state index is 0.00332. The van der Waals surface area contributed by atoms with Crippen molar-refractivity contribution in [3.8, 4) is 0 Å². The van der Waals surface area contributed by atoms with Gasteiger partial charge in [-0.25, -0.2) is 0 Å². The van der Waals surface area contributed by atoms with Crippen LogP contribution in [0, 0.1) is 17.8 Å². The van der Waals surface area contributed by atoms with Gasteiger partial charge in [0.15, 0.2) is 0 Å². The number of carbonyl (C=O) groups is 3. The van der Waals surface area contributed by atoms with E-state index in [1.54, 1.807) is 28.9 Å². The number of alkyl halides is 3. The van der Waals surface area contributed by atoms with Gasteiger partial charge in [0.1, 0.15) is 6.54 Å². The number of fused-ring (bicyclic) bond motifs is 4. The fraction of sp³-hybridized carbons (Fsp3) is 0.484. The molecule has 8 nitrogen and oxygen atoms in total. The number of hydrogen-bond acceptors (Lipinski definition) is 4. The summed E-state index contributed by atoms with van der Waals surface area (Å²) >= 11 is 6.53. The average Bonchev–Trinajstić information content (AvgIpc) is 3.20. The quantitative estimate of drug-likeness (QED) is 0.441. The van der Waals surface area contributed by atoms with Gasteiger partial charge in [-0.05, 0) is 66.8 Å². The Morgan fingerprint density at radius 1 is 1.12 bits per heavy atom. The number of anilines is 1. The van der Waals surface area contributed by atoms with E-state index in [9.17, 15) is 27.6 Å². The number of piperidine rings is 1. The van der Waals surface area contributed by atoms with Crippen LogP contribution in [0.3, 0.4) is 0 Å². The molecule has 0 bridgehead atoms. The summed E-state index contributed by atoms with van der Waals surface area (Å²) in [5.41, 5.74) is 3.78. The number of nitrogens with one attached hydrogen (secondary N) is 1. The number of nitrogens with zero attached hydrogens (tertiary/aromatic N) is 4. The van der Waals surface area contributed by atoms with Gasteiger partial charge in [-0.15, -0.1) is 0 Å². The van der Waals surface area contributed by atoms with Gasteiger partial charge in [0.2, 0.25) is 17.7 Å². The Hall–Kier alpha value is -3.60. The molecule has 0 aliphatic carbocycles. The molecule has 3 aliphatic heterocycles. The molecule has 6 rings (SSSR count). The first kappa shape index (κ1) is 29.5. The lowest BCUT2D eigenvalue weighted by atomic mass is 9.81. The van der Waals surface area contributed by atoms with E-state index >= 15 is 0 Å². The highest BCUT2D eigenvalue weighted by Crippen LogP contribution is 2.37. The summed E-state index contributed by atoms with van der Waals surface area (Å²) in [5.74, 6) is -1.95. The van der Waals surface area contributed by atoms with E-state index in [1.807, 2.05) is 24.3 Å². The third-order valence-corrected chi connectivity index (χ3v) is 9.53. The fourth-order valence-electron chi connectivity index (χ4n) is 7.05. The van der Waals surface area contributed by atoms with Crippen molar-refractivity contribution in [2.24, 2.45) is 24.8 Å². The molecule has 1 fully saturated rings. The first-order chi connectivity index (χ1) is 20.5. The van der Waals surface area contributed by atoms with Gasteiger partial charge in [-0.1, -0.05) is 29.8 Å². The van der Waals surface area contributed by atoms with Crippen LogP contribution >= 0.6 is 11.6 Å². The number of likely N-dealkylation sites (tertiary alicyclic amines) is 1. The van der Waals surface area contributed by atoms with Crippen LogP contribution in [0.2, 0.25) is 5.02 Å². The highest BCUT2D eigenvalue weighted by Gasteiger charge is 2.40. The zero-order valence-corrected chi connectivity index (χ0v) is 24.5. The first-order valence-corrected chi connectivity index (χ1v) is 15.0. The highest BCUT2D eigenvalue weighted by molar-refractivity contribution is 6.35. The molecule has 12 heteroatoms. The highest BCUT2D eigenvalue weighted by atomic mass is 35.5. The Kier molecular flexibility index (Phi) is 7.87. The summed E-state index contributed by atoms with van der Waals surface area (Å²) in [7, 11) is 1.70. The number of benzene rings is 2. The van der Waals surface area contributed by atoms with Crippen molar-refractivity contribution in [1.82, 2.24) is 19.6 Å². The normalized spacial score (nSPS) is 21.7. The number of carbonyl (C=O) groups excluding carboxylic acids is 3. The molecule has 0 radical (unpaired) electrons. The van der Waals surface area contributed by atoms with Gasteiger partial charge in [-0.3, -0.25) is 19.1 Å². The van der Waals surface area contributed by atoms with Gasteiger partial charge >= 0.3 is 6.18 Å². The first-order valence-electron chi connectivity index (χ1n) is 14.6. The minimum Gasteiger partial charge on any atom is -0.343 e. The molecule has 228 valence electrons. The van der Waals surface area contributed by atoms with Crippen molar-refractivity contribution in [3.05, 3.63) is 58.2 Å². The number of aromatic nitrogens is 2. The number of halogens is 4. The summed E-state index contributed by atoms with van der Waals surface area (Å²) < 4.78 is 42.3. The van der Waals surface area contributed by atoms with Crippen LogP contribution < -0.4 is 5.32 Å². The third-order valence-electron chi connectivity index (χ3n) is 9.24. The van der Waals surface area contributed by atoms with Gasteiger partial charge in [-0.2, -0.15) is 18.3 Å². The topological polar surface area (TPSA) is 87.5 Å². The van der Waals surface area contributed by atoms with E-state index in [0.717, 1.165) is 29.0 Å². The van der Waals surface area contributed by atoms with E-state index in [2.05, 4.69) is 10.4 Å². The van der Waals surface area contributed by atoms with Crippen LogP contribution in [0.15, 0.2) is 36.5 Å². The molecule has 1 aromatic heterocycles. The maximum Gasteiger partial charge on any atom is 0.406 e. The lowest BCUT2D eigenvalue weighted by Gasteiger charge is -2.36. The van der Waals surface area contributed by atoms with Crippen LogP contribution in [0.1, 0.15) is 42.4 Å². The van der Waals surface area contributed by atoms with E-state index in [-0.39, 0.29) is 43.0 Å². The molecule has 0 saturated carbocycles. The maximum atomic E-state index is 13.6. The molecule has 4 heterocycles. The van der Waals surface area contributed by atoms with Crippen LogP contribution in [0.25, 0.3) is 10.9 Å². The van der Waals surface area contributed by atoms with Crippen LogP contribution in [-0.4, -0.2) is 63.1 Å². The second-order valence-corrected chi connectivity index (χ2v) is 12.4. The van der Waals surface area contributed by atoms with Crippen LogP contribution in [-0.2, 0) is 40.8 Å². The molecule has 0 spiro atoms. The number of rotatable bonds is 4. The Morgan fingerprint density at radius 2 is 1.86 bits per heavy atom. The SMILES string of the molecule is Cn1ncc2c3c(cc(Cl)c21)C[C@@H](CC(=O)N1CCC(C2CCc4ccccc4NC2=O)CC1)C(=O)N(CC(F)(F)F)C3. The van der Waals surface area contributed by atoms with Crippen molar-refractivity contribution in [2.45, 2.75) is 51.2 Å². The fourth-order valence-corrected chi connectivity index (χ4v) is 7.41. The Labute approximate surface area is 252 Å². The van der Waals surface area contributed by atoms with E-state index in [1.165, 1.54) is 0 Å². The summed E-state index contributed by atoms with van der Waals surface area (Å²) in [6, 6.07) is 9.48. The Balaban J connectivity index is 1.16. The van der Waals surface area contributed by atoms with Gasteiger partial charge < -0.3 is 15.1 Å². The van der Waals surface area contributed by atoms with Crippen molar-refractivity contribution < 1.29 is 27.6 Å². The van der Waals surface area contributed by atoms with Crippen LogP contribution in [0.4, 0.5) is 18.9 Å². The molecule has 3 aromatic rings. The smallest absolute Gasteiger partial charge is 0.343 e. The number of amides is 3. The summed E-state index contributed by atoms with van der Waals surface area (Å²) in [6.45, 7) is -0.770. The molecule has 3 aliphatic rings. The molecule has 3 amide bonds. The summed E-state index contributed by atoms with van der Waals surface area (Å²) in [5, 5.41) is 8.27. The van der Waals surface area contributed by atoms with Crippen LogP contribution in [0.5, 0.6) is 0 Å². The van der Waals surface area contributed by atoms with E-state index < -0.39 is 24.5 Å². The van der Waals surface area contributed by atoms with Crippen molar-refractivity contribution in [1.29, 1.82) is 0 Å². The van der Waals surface area contributed by atoms with E-state index in [0.29, 0.717) is 53.0 Å². The van der Waals surface area contributed by atoms with Gasteiger partial charge in [0, 0.05) is 50.1 Å². The minimum atomic E-state index is -4.59. The van der Waals surface area contributed by atoms with Crippen molar-refractivity contribution in [3.63, 3.8) is 0 Å². The van der Waals surface area contributed by atoms with Crippen molar-refractivity contribution in [2.75, 3.05) is 25.0 Å². The summed E-state index contributed by atoms with van der Waals surface area (Å²) in [6.07, 6.45) is -0.293. The number of aryl methyl sites for hydroxylation is 2. The largest absolute Gasteiger partial charge is 0.406 e. The molecule has 1 unspecified atom stereocenters. The monoisotopic (exact) mass is 615 g/mol. The zero-order valence-electron chi connectivity index (χ0n) is 23.8. The molecule has 2 aromatic carbocycles. The zero-order chi connectivity index (χ0) is 30.5. The molecular weight excluding hydrogens is 583 g/mol. The third kappa shape index (κ3) is 5.96. The predicted octanol–water partition coefficient (Wildman–Crippen LogP) is 5.12. The lowest BCUT2D eigenvalue weighted by Crippen LogP contribution is -2.45. The molecular formula is C31H33ClF3N5O3. The van der Waals surface area contributed by atoms with Crippen molar-refractivity contribution >= 4 is 45.9 Å².